The van der Waals surface area contributed by atoms with Crippen LogP contribution >= 0.6 is 23.2 Å². The molecule has 0 radical (unpaired) electrons. The molecule has 2 N–H and O–H groups in total. The van der Waals surface area contributed by atoms with Crippen LogP contribution in [0.15, 0.2) is 18.2 Å². The van der Waals surface area contributed by atoms with E-state index in [4.69, 9.17) is 27.9 Å². The van der Waals surface area contributed by atoms with Crippen molar-refractivity contribution >= 4 is 29.1 Å². The number of alkyl halides is 1. The normalized spacial score (nSPS) is 25.1. The molecule has 7 heteroatoms. The molecule has 0 bridgehead atoms. The van der Waals surface area contributed by atoms with Crippen molar-refractivity contribution in [1.29, 1.82) is 0 Å². The maximum absolute atomic E-state index is 15.9. The predicted octanol–water partition coefficient (Wildman–Crippen LogP) is 4.78. The number of carbonyl (C=O) groups excluding carboxylic acids is 1. The van der Waals surface area contributed by atoms with E-state index in [9.17, 15) is 4.79 Å². The molecule has 1 amide bonds. The highest BCUT2D eigenvalue weighted by atomic mass is 35.5. The highest BCUT2D eigenvalue weighted by molar-refractivity contribution is 6.35. The average molecular weight is 431 g/mol. The maximum atomic E-state index is 15.9. The summed E-state index contributed by atoms with van der Waals surface area (Å²) in [5, 5.41) is 6.95. The Balaban J connectivity index is 1.78. The van der Waals surface area contributed by atoms with Gasteiger partial charge in [0.05, 0.1) is 11.6 Å². The van der Waals surface area contributed by atoms with Gasteiger partial charge in [0.15, 0.2) is 0 Å². The van der Waals surface area contributed by atoms with Crippen LogP contribution in [-0.2, 0) is 4.74 Å². The minimum Gasteiger partial charge on any atom is -0.376 e. The zero-order valence-electron chi connectivity index (χ0n) is 16.5. The highest BCUT2D eigenvalue weighted by Gasteiger charge is 2.43. The van der Waals surface area contributed by atoms with Crippen LogP contribution < -0.4 is 10.6 Å². The molecule has 2 fully saturated rings. The van der Waals surface area contributed by atoms with Crippen molar-refractivity contribution in [3.63, 3.8) is 0 Å². The number of carbonyl (C=O) groups is 1. The largest absolute Gasteiger partial charge is 0.376 e. The van der Waals surface area contributed by atoms with Gasteiger partial charge >= 0.3 is 0 Å². The summed E-state index contributed by atoms with van der Waals surface area (Å²) in [5.41, 5.74) is -1.28. The molecule has 2 aliphatic heterocycles. The van der Waals surface area contributed by atoms with Crippen LogP contribution in [0.2, 0.25) is 10.0 Å². The molecule has 0 aromatic heterocycles. The lowest BCUT2D eigenvalue weighted by molar-refractivity contribution is -0.0784. The quantitative estimate of drug-likeness (QED) is 0.706. The Morgan fingerprint density at radius 1 is 1.29 bits per heavy atom. The Morgan fingerprint density at radius 2 is 1.93 bits per heavy atom. The third-order valence-electron chi connectivity index (χ3n) is 5.86. The zero-order valence-corrected chi connectivity index (χ0v) is 18.0. The Kier molecular flexibility index (Phi) is 6.91. The molecule has 1 aromatic carbocycles. The highest BCUT2D eigenvalue weighted by Crippen LogP contribution is 2.37. The van der Waals surface area contributed by atoms with Crippen molar-refractivity contribution in [2.75, 3.05) is 19.7 Å². The second-order valence-electron chi connectivity index (χ2n) is 8.67. The molecule has 156 valence electrons. The van der Waals surface area contributed by atoms with Gasteiger partial charge < -0.3 is 15.4 Å². The number of nitrogens with one attached hydrogen (secondary N) is 2. The molecule has 2 atom stereocenters. The van der Waals surface area contributed by atoms with Crippen molar-refractivity contribution in [1.82, 2.24) is 10.6 Å². The summed E-state index contributed by atoms with van der Waals surface area (Å²) in [6, 6.07) is 4.14. The molecule has 2 unspecified atom stereocenters. The zero-order chi connectivity index (χ0) is 20.4. The summed E-state index contributed by atoms with van der Waals surface area (Å²) in [6.07, 6.45) is 3.12. The molecule has 2 saturated heterocycles. The first-order valence-corrected chi connectivity index (χ1v) is 10.7. The van der Waals surface area contributed by atoms with Gasteiger partial charge in [0.25, 0.3) is 5.91 Å². The van der Waals surface area contributed by atoms with Gasteiger partial charge in [-0.1, -0.05) is 23.2 Å². The Morgan fingerprint density at radius 3 is 2.54 bits per heavy atom. The van der Waals surface area contributed by atoms with Gasteiger partial charge in [-0.15, -0.1) is 0 Å². The van der Waals surface area contributed by atoms with E-state index in [-0.39, 0.29) is 11.5 Å². The second-order valence-corrected chi connectivity index (χ2v) is 9.54. The first-order valence-electron chi connectivity index (χ1n) is 9.97. The minimum atomic E-state index is -1.42. The van der Waals surface area contributed by atoms with Crippen LogP contribution in [0, 0.1) is 5.92 Å². The van der Waals surface area contributed by atoms with Crippen LogP contribution in [-0.4, -0.2) is 42.9 Å². The lowest BCUT2D eigenvalue weighted by Crippen LogP contribution is -2.55. The molecule has 2 heterocycles. The second kappa shape index (κ2) is 8.86. The molecular formula is C21H29Cl2FN2O2. The van der Waals surface area contributed by atoms with Crippen molar-refractivity contribution < 1.29 is 13.9 Å². The van der Waals surface area contributed by atoms with Gasteiger partial charge in [-0.05, 0) is 83.2 Å². The summed E-state index contributed by atoms with van der Waals surface area (Å²) in [4.78, 5) is 12.9. The Labute approximate surface area is 176 Å². The molecule has 2 aliphatic rings. The summed E-state index contributed by atoms with van der Waals surface area (Å²) >= 11 is 12.1. The molecule has 1 aromatic rings. The van der Waals surface area contributed by atoms with E-state index >= 15 is 4.39 Å². The minimum absolute atomic E-state index is 0.213. The number of ether oxygens (including phenoxy) is 1. The fourth-order valence-electron chi connectivity index (χ4n) is 4.41. The molecule has 3 rings (SSSR count). The third-order valence-corrected chi connectivity index (χ3v) is 6.29. The molecular weight excluding hydrogens is 402 g/mol. The van der Waals surface area contributed by atoms with E-state index in [0.717, 1.165) is 12.8 Å². The number of amides is 1. The maximum Gasteiger partial charge on any atom is 0.251 e. The number of halogens is 3. The molecule has 28 heavy (non-hydrogen) atoms. The van der Waals surface area contributed by atoms with Gasteiger partial charge in [-0.25, -0.2) is 4.39 Å². The smallest absolute Gasteiger partial charge is 0.251 e. The van der Waals surface area contributed by atoms with E-state index in [1.54, 1.807) is 18.2 Å². The average Bonchev–Trinajstić information content (AvgIpc) is 2.60. The van der Waals surface area contributed by atoms with Gasteiger partial charge in [0.2, 0.25) is 0 Å². The van der Waals surface area contributed by atoms with Crippen LogP contribution in [0.25, 0.3) is 0 Å². The van der Waals surface area contributed by atoms with Gasteiger partial charge in [-0.2, -0.15) is 0 Å². The van der Waals surface area contributed by atoms with E-state index in [1.165, 1.54) is 0 Å². The van der Waals surface area contributed by atoms with Crippen LogP contribution in [0.1, 0.15) is 56.3 Å². The first kappa shape index (κ1) is 21.8. The topological polar surface area (TPSA) is 50.4 Å². The lowest BCUT2D eigenvalue weighted by Gasteiger charge is -2.42. The fraction of sp³-hybridized carbons (Fsp3) is 0.667. The monoisotopic (exact) mass is 430 g/mol. The Hall–Kier alpha value is -0.880. The van der Waals surface area contributed by atoms with Crippen molar-refractivity contribution in [3.05, 3.63) is 33.8 Å². The standard InChI is InChI=1S/C21H29Cl2FN2O2/c1-20(2)13-14(3-8-28-20)9-18(21(24)4-6-25-7-5-21)26-19(27)15-10-16(22)12-17(23)11-15/h10-12,14,18,25H,3-9,13H2,1-2H3,(H,26,27). The van der Waals surface area contributed by atoms with Crippen molar-refractivity contribution in [2.24, 2.45) is 5.92 Å². The third kappa shape index (κ3) is 5.59. The summed E-state index contributed by atoms with van der Waals surface area (Å²) in [7, 11) is 0. The number of piperidine rings is 1. The first-order chi connectivity index (χ1) is 13.2. The Bertz CT molecular complexity index is 687. The van der Waals surface area contributed by atoms with Gasteiger partial charge in [-0.3, -0.25) is 4.79 Å². The number of benzene rings is 1. The van der Waals surface area contributed by atoms with Gasteiger partial charge in [0.1, 0.15) is 5.67 Å². The molecule has 4 nitrogen and oxygen atoms in total. The number of rotatable bonds is 5. The van der Waals surface area contributed by atoms with E-state index < -0.39 is 11.7 Å². The summed E-state index contributed by atoms with van der Waals surface area (Å²) in [5.74, 6) is -0.0317. The number of hydrogen-bond donors (Lipinski definition) is 2. The molecule has 0 saturated carbocycles. The van der Waals surface area contributed by atoms with Gasteiger partial charge in [0, 0.05) is 22.2 Å². The SMILES string of the molecule is CC1(C)CC(CC(NC(=O)c2cc(Cl)cc(Cl)c2)C2(F)CCNCC2)CCO1. The van der Waals surface area contributed by atoms with Crippen molar-refractivity contribution in [2.45, 2.75) is 63.3 Å². The summed E-state index contributed by atoms with van der Waals surface area (Å²) in [6.45, 7) is 6.03. The lowest BCUT2D eigenvalue weighted by atomic mass is 9.77. The molecule has 0 aliphatic carbocycles. The predicted molar refractivity (Wildman–Crippen MR) is 111 cm³/mol. The van der Waals surface area contributed by atoms with E-state index in [2.05, 4.69) is 24.5 Å². The number of hydrogen-bond acceptors (Lipinski definition) is 3. The van der Waals surface area contributed by atoms with E-state index in [1.807, 2.05) is 0 Å². The molecule has 0 spiro atoms. The van der Waals surface area contributed by atoms with E-state index in [0.29, 0.717) is 60.5 Å². The van der Waals surface area contributed by atoms with Crippen LogP contribution in [0.4, 0.5) is 4.39 Å². The van der Waals surface area contributed by atoms with Crippen LogP contribution in [0.5, 0.6) is 0 Å². The van der Waals surface area contributed by atoms with Crippen molar-refractivity contribution in [3.8, 4) is 0 Å². The van der Waals surface area contributed by atoms with Crippen LogP contribution in [0.3, 0.4) is 0 Å². The fourth-order valence-corrected chi connectivity index (χ4v) is 4.94. The summed E-state index contributed by atoms with van der Waals surface area (Å²) < 4.78 is 21.7.